The molecule has 0 aromatic heterocycles. The van der Waals surface area contributed by atoms with Crippen molar-refractivity contribution in [1.82, 2.24) is 5.32 Å². The summed E-state index contributed by atoms with van der Waals surface area (Å²) < 4.78 is 14.0. The summed E-state index contributed by atoms with van der Waals surface area (Å²) in [5.41, 5.74) is 2.37. The first kappa shape index (κ1) is 35.8. The van der Waals surface area contributed by atoms with E-state index in [0.717, 1.165) is 54.6 Å². The lowest BCUT2D eigenvalue weighted by Crippen LogP contribution is -2.65. The van der Waals surface area contributed by atoms with Crippen molar-refractivity contribution in [3.63, 3.8) is 0 Å². The van der Waals surface area contributed by atoms with E-state index in [1.54, 1.807) is 12.1 Å². The molecular formula is C41H57N2O6+. The zero-order valence-corrected chi connectivity index (χ0v) is 29.2. The van der Waals surface area contributed by atoms with Gasteiger partial charge in [-0.2, -0.15) is 0 Å². The highest BCUT2D eigenvalue weighted by Gasteiger charge is 2.48. The van der Waals surface area contributed by atoms with E-state index in [1.807, 2.05) is 30.3 Å². The molecule has 0 spiro atoms. The van der Waals surface area contributed by atoms with Gasteiger partial charge in [-0.1, -0.05) is 61.4 Å². The highest BCUT2D eigenvalue weighted by Crippen LogP contribution is 2.42. The summed E-state index contributed by atoms with van der Waals surface area (Å²) in [4.78, 5) is 0. The molecule has 3 aromatic rings. The number of phenols is 1. The van der Waals surface area contributed by atoms with Gasteiger partial charge in [-0.3, -0.25) is 0 Å². The molecule has 5 N–H and O–H groups in total. The van der Waals surface area contributed by atoms with E-state index in [0.29, 0.717) is 36.8 Å². The molecule has 4 aliphatic rings. The van der Waals surface area contributed by atoms with Gasteiger partial charge in [0.05, 0.1) is 45.6 Å². The molecule has 3 saturated heterocycles. The highest BCUT2D eigenvalue weighted by atomic mass is 16.5. The predicted molar refractivity (Wildman–Crippen MR) is 191 cm³/mol. The van der Waals surface area contributed by atoms with Crippen LogP contribution in [0, 0.1) is 11.8 Å². The minimum Gasteiger partial charge on any atom is -0.508 e. The first-order chi connectivity index (χ1) is 23.8. The number of quaternary nitrogens is 1. The van der Waals surface area contributed by atoms with Crippen LogP contribution in [0.25, 0.3) is 0 Å². The van der Waals surface area contributed by atoms with Crippen LogP contribution in [-0.4, -0.2) is 83.0 Å². The maximum absolute atomic E-state index is 12.0. The van der Waals surface area contributed by atoms with Crippen LogP contribution in [0.2, 0.25) is 0 Å². The van der Waals surface area contributed by atoms with Crippen LogP contribution in [0.4, 0.5) is 0 Å². The molecule has 2 bridgehead atoms. The molecule has 3 aromatic carbocycles. The molecule has 266 valence electrons. The van der Waals surface area contributed by atoms with Crippen LogP contribution in [-0.2, 0) is 23.4 Å². The molecule has 3 aliphatic heterocycles. The summed E-state index contributed by atoms with van der Waals surface area (Å²) in [5.74, 6) is 1.78. The zero-order chi connectivity index (χ0) is 34.3. The van der Waals surface area contributed by atoms with Crippen molar-refractivity contribution in [2.45, 2.75) is 88.7 Å². The second kappa shape index (κ2) is 16.4. The van der Waals surface area contributed by atoms with Gasteiger partial charge in [0.2, 0.25) is 0 Å². The van der Waals surface area contributed by atoms with Crippen LogP contribution in [0.15, 0.2) is 72.8 Å². The number of nitrogens with zero attached hydrogens (tertiary/aromatic N) is 1. The Labute approximate surface area is 292 Å². The maximum Gasteiger partial charge on any atom is 0.121 e. The molecule has 4 atom stereocenters. The maximum atomic E-state index is 12.0. The fourth-order valence-electron chi connectivity index (χ4n) is 8.63. The molecule has 1 aliphatic carbocycles. The monoisotopic (exact) mass is 673 g/mol. The number of ether oxygens (including phenoxy) is 2. The Bertz CT molecular complexity index is 1450. The van der Waals surface area contributed by atoms with E-state index in [-0.39, 0.29) is 30.4 Å². The number of aliphatic hydroxyl groups excluding tert-OH is 2. The average molecular weight is 674 g/mol. The second-order valence-electron chi connectivity index (χ2n) is 15.1. The van der Waals surface area contributed by atoms with E-state index in [4.69, 9.17) is 9.47 Å². The van der Waals surface area contributed by atoms with E-state index < -0.39 is 11.7 Å². The smallest absolute Gasteiger partial charge is 0.121 e. The van der Waals surface area contributed by atoms with Gasteiger partial charge in [-0.25, -0.2) is 0 Å². The first-order valence-electron chi connectivity index (χ1n) is 18.6. The lowest BCUT2D eigenvalue weighted by molar-refractivity contribution is -0.946. The molecule has 0 amide bonds. The first-order valence-corrected chi connectivity index (χ1v) is 18.6. The normalized spacial score (nSPS) is 24.8. The minimum atomic E-state index is -0.907. The second-order valence-corrected chi connectivity index (χ2v) is 15.1. The summed E-state index contributed by atoms with van der Waals surface area (Å²) >= 11 is 0. The van der Waals surface area contributed by atoms with Crippen molar-refractivity contribution < 1.29 is 34.4 Å². The topological polar surface area (TPSA) is 111 Å². The molecule has 3 heterocycles. The fourth-order valence-corrected chi connectivity index (χ4v) is 8.63. The summed E-state index contributed by atoms with van der Waals surface area (Å²) in [6, 6.07) is 23.5. The molecule has 7 rings (SSSR count). The van der Waals surface area contributed by atoms with Gasteiger partial charge in [0, 0.05) is 43.3 Å². The summed E-state index contributed by atoms with van der Waals surface area (Å²) in [5, 5.41) is 45.2. The quantitative estimate of drug-likeness (QED) is 0.0936. The molecule has 0 radical (unpaired) electrons. The van der Waals surface area contributed by atoms with Gasteiger partial charge in [0.1, 0.15) is 29.7 Å². The molecule has 0 unspecified atom stereocenters. The van der Waals surface area contributed by atoms with Gasteiger partial charge in [0.25, 0.3) is 0 Å². The Morgan fingerprint density at radius 3 is 2.41 bits per heavy atom. The predicted octanol–water partition coefficient (Wildman–Crippen LogP) is 5.61. The number of piperidine rings is 3. The number of hydrogen-bond acceptors (Lipinski definition) is 7. The number of rotatable bonds is 17. The number of hydrogen-bond donors (Lipinski definition) is 5. The van der Waals surface area contributed by atoms with Crippen LogP contribution >= 0.6 is 0 Å². The van der Waals surface area contributed by atoms with E-state index in [2.05, 4.69) is 36.5 Å². The molecule has 49 heavy (non-hydrogen) atoms. The van der Waals surface area contributed by atoms with Crippen LogP contribution in [0.3, 0.4) is 0 Å². The van der Waals surface area contributed by atoms with Crippen molar-refractivity contribution in [3.05, 3.63) is 95.1 Å². The Hall–Kier alpha value is -2.98. The molecule has 1 saturated carbocycles. The molecule has 8 nitrogen and oxygen atoms in total. The van der Waals surface area contributed by atoms with Crippen molar-refractivity contribution in [3.8, 4) is 11.5 Å². The largest absolute Gasteiger partial charge is 0.508 e. The van der Waals surface area contributed by atoms with Gasteiger partial charge >= 0.3 is 0 Å². The Morgan fingerprint density at radius 2 is 1.69 bits per heavy atom. The van der Waals surface area contributed by atoms with Crippen molar-refractivity contribution >= 4 is 0 Å². The van der Waals surface area contributed by atoms with E-state index in [9.17, 15) is 20.4 Å². The number of benzene rings is 3. The fraction of sp³-hybridized carbons (Fsp3) is 0.561. The van der Waals surface area contributed by atoms with Gasteiger partial charge < -0.3 is 39.7 Å². The third-order valence-corrected chi connectivity index (χ3v) is 11.7. The summed E-state index contributed by atoms with van der Waals surface area (Å²) in [6.07, 6.45) is 8.23. The van der Waals surface area contributed by atoms with Gasteiger partial charge in [-0.05, 0) is 73.1 Å². The Kier molecular flexibility index (Phi) is 12.0. The molecule has 8 heteroatoms. The van der Waals surface area contributed by atoms with E-state index in [1.165, 1.54) is 50.4 Å². The van der Waals surface area contributed by atoms with Crippen molar-refractivity contribution in [1.29, 1.82) is 0 Å². The number of fused-ring (bicyclic) bond motifs is 3. The third kappa shape index (κ3) is 8.85. The van der Waals surface area contributed by atoms with Crippen LogP contribution in [0.1, 0.15) is 80.2 Å². The van der Waals surface area contributed by atoms with Gasteiger partial charge in [0.15, 0.2) is 0 Å². The number of aromatic hydroxyl groups is 1. The number of nitrogens with one attached hydrogen (secondary N) is 1. The molecule has 4 fully saturated rings. The number of aliphatic hydroxyl groups is 3. The van der Waals surface area contributed by atoms with Crippen LogP contribution in [0.5, 0.6) is 11.5 Å². The third-order valence-electron chi connectivity index (χ3n) is 11.7. The Morgan fingerprint density at radius 1 is 0.959 bits per heavy atom. The van der Waals surface area contributed by atoms with E-state index >= 15 is 0 Å². The van der Waals surface area contributed by atoms with Crippen molar-refractivity contribution in [2.75, 3.05) is 45.9 Å². The standard InChI is InChI=1S/C41H56N2O6/c1-30(42-26-39(46)33-14-17-38(45)34(25-33)28-44)24-31-12-15-37(16-13-31)48-23-7-20-43-21-18-32(19-22-43)40(27-43)49-29-41(47,36-10-5-6-11-36)35-8-3-2-4-9-35/h2-4,8-9,12-17,25,30,32,36,39-40,42,44,46-47H,5-7,10-11,18-24,26-29H2,1H3/p+1/t30-,32?,39+,40+,41-,43?/m1/s1. The Balaban J connectivity index is 0.929. The SMILES string of the molecule is C[C@H](Cc1ccc(OCCC[N+]23CCC(CC2)[C@@H](OC[C@@](O)(c2ccccc2)C2CCCC2)C3)cc1)NC[C@H](O)c1ccc(O)c(CO)c1. The summed E-state index contributed by atoms with van der Waals surface area (Å²) in [7, 11) is 0. The molecular weight excluding hydrogens is 616 g/mol. The lowest BCUT2D eigenvalue weighted by atomic mass is 9.80. The average Bonchev–Trinajstić information content (AvgIpc) is 3.69. The zero-order valence-electron chi connectivity index (χ0n) is 29.2. The lowest BCUT2D eigenvalue weighted by Gasteiger charge is -2.53. The van der Waals surface area contributed by atoms with Crippen LogP contribution < -0.4 is 10.1 Å². The van der Waals surface area contributed by atoms with Gasteiger partial charge in [-0.15, -0.1) is 0 Å². The highest BCUT2D eigenvalue weighted by molar-refractivity contribution is 5.36. The van der Waals surface area contributed by atoms with Crippen molar-refractivity contribution in [2.24, 2.45) is 11.8 Å². The summed E-state index contributed by atoms with van der Waals surface area (Å²) in [6.45, 7) is 7.85. The minimum absolute atomic E-state index is 0.0327.